The van der Waals surface area contributed by atoms with E-state index in [1.54, 1.807) is 6.20 Å². The topological polar surface area (TPSA) is 68.9 Å². The Morgan fingerprint density at radius 3 is 2.82 bits per heavy atom. The highest BCUT2D eigenvalue weighted by atomic mass is 16.2. The average Bonchev–Trinajstić information content (AvgIpc) is 2.34. The number of aryl methyl sites for hydroxylation is 1. The molecule has 1 aromatic rings. The van der Waals surface area contributed by atoms with E-state index in [9.17, 15) is 0 Å². The molecule has 0 spiro atoms. The molecule has 1 rings (SSSR count). The number of aliphatic hydroxyl groups excluding tert-OH is 1. The summed E-state index contributed by atoms with van der Waals surface area (Å²) in [5, 5.41) is 20.8. The van der Waals surface area contributed by atoms with Crippen LogP contribution in [0, 0.1) is 18.3 Å². The number of nitrogens with one attached hydrogen (secondary N) is 1. The number of aliphatic hydroxyl groups is 1. The zero-order valence-corrected chi connectivity index (χ0v) is 10.2. The third-order valence-electron chi connectivity index (χ3n) is 2.65. The first kappa shape index (κ1) is 13.5. The molecule has 0 radical (unpaired) electrons. The minimum Gasteiger partial charge on any atom is -0.396 e. The van der Waals surface area contributed by atoms with E-state index >= 15 is 0 Å². The lowest BCUT2D eigenvalue weighted by Gasteiger charge is -2.08. The highest BCUT2D eigenvalue weighted by Gasteiger charge is 2.04. The van der Waals surface area contributed by atoms with Gasteiger partial charge >= 0.3 is 0 Å². The maximum Gasteiger partial charge on any atom is 0.144 e. The molecule has 1 aromatic heterocycles. The highest BCUT2D eigenvalue weighted by Crippen LogP contribution is 2.15. The number of hydrogen-bond donors (Lipinski definition) is 2. The Morgan fingerprint density at radius 2 is 2.12 bits per heavy atom. The normalized spacial score (nSPS) is 9.94. The van der Waals surface area contributed by atoms with E-state index in [0.717, 1.165) is 37.8 Å². The van der Waals surface area contributed by atoms with Gasteiger partial charge in [0, 0.05) is 19.3 Å². The third kappa shape index (κ3) is 4.41. The van der Waals surface area contributed by atoms with E-state index in [2.05, 4.69) is 16.4 Å². The summed E-state index contributed by atoms with van der Waals surface area (Å²) in [5.74, 6) is 0.676. The molecule has 1 heterocycles. The summed E-state index contributed by atoms with van der Waals surface area (Å²) < 4.78 is 0. The molecule has 2 N–H and O–H groups in total. The minimum absolute atomic E-state index is 0.269. The van der Waals surface area contributed by atoms with Gasteiger partial charge in [-0.05, 0) is 31.4 Å². The van der Waals surface area contributed by atoms with Crippen LogP contribution in [0.1, 0.15) is 36.8 Å². The van der Waals surface area contributed by atoms with E-state index in [-0.39, 0.29) is 6.61 Å². The first-order chi connectivity index (χ1) is 8.29. The molecule has 0 unspecified atom stereocenters. The zero-order valence-electron chi connectivity index (χ0n) is 10.2. The fourth-order valence-electron chi connectivity index (χ4n) is 1.63. The summed E-state index contributed by atoms with van der Waals surface area (Å²) >= 11 is 0. The second-order valence-corrected chi connectivity index (χ2v) is 4.03. The molecular weight excluding hydrogens is 214 g/mol. The summed E-state index contributed by atoms with van der Waals surface area (Å²) in [7, 11) is 0. The molecule has 0 bridgehead atoms. The van der Waals surface area contributed by atoms with E-state index in [0.29, 0.717) is 11.4 Å². The van der Waals surface area contributed by atoms with Crippen molar-refractivity contribution in [3.8, 4) is 6.07 Å². The molecule has 4 nitrogen and oxygen atoms in total. The summed E-state index contributed by atoms with van der Waals surface area (Å²) in [6.45, 7) is 2.99. The zero-order chi connectivity index (χ0) is 12.5. The van der Waals surface area contributed by atoms with Gasteiger partial charge in [-0.25, -0.2) is 4.98 Å². The van der Waals surface area contributed by atoms with Gasteiger partial charge in [0.15, 0.2) is 0 Å². The number of unbranched alkanes of at least 4 members (excludes halogenated alkanes) is 3. The Bertz CT molecular complexity index is 385. The Hall–Kier alpha value is -1.60. The molecule has 17 heavy (non-hydrogen) atoms. The van der Waals surface area contributed by atoms with Crippen molar-refractivity contribution < 1.29 is 5.11 Å². The molecule has 0 saturated carbocycles. The maximum absolute atomic E-state index is 9.01. The molecule has 0 aromatic carbocycles. The van der Waals surface area contributed by atoms with Gasteiger partial charge in [-0.1, -0.05) is 12.8 Å². The van der Waals surface area contributed by atoms with Crippen LogP contribution >= 0.6 is 0 Å². The molecule has 4 heteroatoms. The number of pyridine rings is 1. The lowest BCUT2D eigenvalue weighted by atomic mass is 10.1. The van der Waals surface area contributed by atoms with Crippen LogP contribution in [0.4, 0.5) is 5.82 Å². The second-order valence-electron chi connectivity index (χ2n) is 4.03. The number of aromatic nitrogens is 1. The molecular formula is C13H19N3O. The Labute approximate surface area is 102 Å². The van der Waals surface area contributed by atoms with Crippen molar-refractivity contribution in [1.29, 1.82) is 5.26 Å². The van der Waals surface area contributed by atoms with Crippen molar-refractivity contribution in [3.63, 3.8) is 0 Å². The van der Waals surface area contributed by atoms with Crippen LogP contribution in [0.15, 0.2) is 12.3 Å². The smallest absolute Gasteiger partial charge is 0.144 e. The van der Waals surface area contributed by atoms with Crippen molar-refractivity contribution in [2.24, 2.45) is 0 Å². The Kier molecular flexibility index (Phi) is 6.05. The number of nitriles is 1. The average molecular weight is 233 g/mol. The fourth-order valence-corrected chi connectivity index (χ4v) is 1.63. The molecule has 0 aliphatic heterocycles. The quantitative estimate of drug-likeness (QED) is 0.708. The van der Waals surface area contributed by atoms with Crippen molar-refractivity contribution >= 4 is 5.82 Å². The van der Waals surface area contributed by atoms with Crippen LogP contribution in [-0.4, -0.2) is 23.2 Å². The second kappa shape index (κ2) is 7.64. The van der Waals surface area contributed by atoms with Crippen molar-refractivity contribution in [1.82, 2.24) is 4.98 Å². The summed E-state index contributed by atoms with van der Waals surface area (Å²) in [4.78, 5) is 4.17. The lowest BCUT2D eigenvalue weighted by molar-refractivity contribution is 0.283. The van der Waals surface area contributed by atoms with Gasteiger partial charge in [0.25, 0.3) is 0 Å². The van der Waals surface area contributed by atoms with Crippen LogP contribution in [0.2, 0.25) is 0 Å². The predicted octanol–water partition coefficient (Wildman–Crippen LogP) is 2.23. The van der Waals surface area contributed by atoms with Crippen LogP contribution in [0.3, 0.4) is 0 Å². The number of anilines is 1. The van der Waals surface area contributed by atoms with Gasteiger partial charge < -0.3 is 10.4 Å². The van der Waals surface area contributed by atoms with Gasteiger partial charge in [-0.3, -0.25) is 0 Å². The van der Waals surface area contributed by atoms with Gasteiger partial charge in [0.05, 0.1) is 5.56 Å². The van der Waals surface area contributed by atoms with E-state index in [1.807, 2.05) is 13.0 Å². The molecule has 0 saturated heterocycles. The van der Waals surface area contributed by atoms with Crippen LogP contribution < -0.4 is 5.32 Å². The van der Waals surface area contributed by atoms with Crippen LogP contribution in [-0.2, 0) is 0 Å². The van der Waals surface area contributed by atoms with Gasteiger partial charge in [-0.15, -0.1) is 0 Å². The summed E-state index contributed by atoms with van der Waals surface area (Å²) in [6, 6.07) is 4.01. The third-order valence-corrected chi connectivity index (χ3v) is 2.65. The first-order valence-corrected chi connectivity index (χ1v) is 6.00. The van der Waals surface area contributed by atoms with Gasteiger partial charge in [0.2, 0.25) is 0 Å². The lowest BCUT2D eigenvalue weighted by Crippen LogP contribution is -2.06. The Morgan fingerprint density at radius 1 is 1.35 bits per heavy atom. The van der Waals surface area contributed by atoms with Gasteiger partial charge in [0.1, 0.15) is 11.9 Å². The van der Waals surface area contributed by atoms with Crippen LogP contribution in [0.25, 0.3) is 0 Å². The van der Waals surface area contributed by atoms with Crippen molar-refractivity contribution in [2.75, 3.05) is 18.5 Å². The first-order valence-electron chi connectivity index (χ1n) is 6.00. The maximum atomic E-state index is 9.01. The molecule has 92 valence electrons. The van der Waals surface area contributed by atoms with E-state index in [1.165, 1.54) is 0 Å². The largest absolute Gasteiger partial charge is 0.396 e. The van der Waals surface area contributed by atoms with Crippen molar-refractivity contribution in [3.05, 3.63) is 23.4 Å². The van der Waals surface area contributed by atoms with Crippen molar-refractivity contribution in [2.45, 2.75) is 32.6 Å². The molecule has 0 aliphatic carbocycles. The van der Waals surface area contributed by atoms with E-state index < -0.39 is 0 Å². The highest BCUT2D eigenvalue weighted by molar-refractivity contribution is 5.55. The summed E-state index contributed by atoms with van der Waals surface area (Å²) in [5.41, 5.74) is 1.58. The van der Waals surface area contributed by atoms with Crippen LogP contribution in [0.5, 0.6) is 0 Å². The molecule has 0 fully saturated rings. The number of nitrogens with zero attached hydrogens (tertiary/aromatic N) is 2. The number of hydrogen-bond acceptors (Lipinski definition) is 4. The summed E-state index contributed by atoms with van der Waals surface area (Å²) in [6.07, 6.45) is 5.74. The van der Waals surface area contributed by atoms with E-state index in [4.69, 9.17) is 10.4 Å². The SMILES string of the molecule is Cc1ccnc(NCCCCCCO)c1C#N. The van der Waals surface area contributed by atoms with Gasteiger partial charge in [-0.2, -0.15) is 5.26 Å². The predicted molar refractivity (Wildman–Crippen MR) is 67.7 cm³/mol. The monoisotopic (exact) mass is 233 g/mol. The number of rotatable bonds is 7. The molecule has 0 amide bonds. The minimum atomic E-state index is 0.269. The molecule has 0 atom stereocenters. The fraction of sp³-hybridized carbons (Fsp3) is 0.538. The Balaban J connectivity index is 2.37. The standard InChI is InChI=1S/C13H19N3O/c1-11-6-8-16-13(12(11)10-14)15-7-4-2-3-5-9-17/h6,8,17H,2-5,7,9H2,1H3,(H,15,16). The molecule has 0 aliphatic rings.